The zero-order valence-electron chi connectivity index (χ0n) is 10.6. The van der Waals surface area contributed by atoms with E-state index in [1.54, 1.807) is 6.92 Å². The van der Waals surface area contributed by atoms with E-state index in [0.717, 1.165) is 26.2 Å². The first-order chi connectivity index (χ1) is 8.66. The molecule has 0 spiro atoms. The molecule has 1 aliphatic heterocycles. The molecule has 0 aliphatic carbocycles. The second kappa shape index (κ2) is 5.77. The summed E-state index contributed by atoms with van der Waals surface area (Å²) in [7, 11) is 0. The van der Waals surface area contributed by atoms with Crippen LogP contribution < -0.4 is 5.32 Å². The molecule has 0 unspecified atom stereocenters. The maximum absolute atomic E-state index is 10.8. The fourth-order valence-corrected chi connectivity index (χ4v) is 2.15. The van der Waals surface area contributed by atoms with Crippen molar-refractivity contribution in [2.24, 2.45) is 0 Å². The van der Waals surface area contributed by atoms with Crippen molar-refractivity contribution in [2.45, 2.75) is 19.8 Å². The molecule has 0 aromatic carbocycles. The smallest absolute Gasteiger partial charge is 0.277 e. The van der Waals surface area contributed by atoms with Crippen LogP contribution in [0.15, 0.2) is 12.3 Å². The number of hydrogen-bond donors (Lipinski definition) is 1. The molecule has 0 atom stereocenters. The van der Waals surface area contributed by atoms with Gasteiger partial charge in [-0.3, -0.25) is 10.1 Å². The van der Waals surface area contributed by atoms with E-state index < -0.39 is 0 Å². The minimum Gasteiger partial charge on any atom is -0.369 e. The van der Waals surface area contributed by atoms with Gasteiger partial charge in [-0.25, -0.2) is 4.98 Å². The van der Waals surface area contributed by atoms with Crippen molar-refractivity contribution in [3.05, 3.63) is 27.9 Å². The van der Waals surface area contributed by atoms with Crippen molar-refractivity contribution in [1.82, 2.24) is 9.88 Å². The highest BCUT2D eigenvalue weighted by molar-refractivity contribution is 5.48. The number of nitro groups is 1. The monoisotopic (exact) mass is 250 g/mol. The zero-order chi connectivity index (χ0) is 13.0. The lowest BCUT2D eigenvalue weighted by Gasteiger charge is -2.14. The number of rotatable bonds is 5. The number of likely N-dealkylation sites (tertiary alicyclic amines) is 1. The van der Waals surface area contributed by atoms with Gasteiger partial charge in [-0.1, -0.05) is 0 Å². The molecule has 1 aromatic heterocycles. The van der Waals surface area contributed by atoms with Crippen molar-refractivity contribution >= 4 is 11.5 Å². The lowest BCUT2D eigenvalue weighted by atomic mass is 10.2. The van der Waals surface area contributed by atoms with Crippen LogP contribution in [0.4, 0.5) is 11.5 Å². The summed E-state index contributed by atoms with van der Waals surface area (Å²) in [5.74, 6) is 0.575. The minimum atomic E-state index is -0.372. The normalized spacial score (nSPS) is 15.8. The van der Waals surface area contributed by atoms with Crippen molar-refractivity contribution in [3.8, 4) is 0 Å². The standard InChI is InChI=1S/C12H18N4O2/c1-10-9-14-12(8-11(10)16(17)18)13-4-7-15-5-2-3-6-15/h8-9H,2-7H2,1H3,(H,13,14). The summed E-state index contributed by atoms with van der Waals surface area (Å²) in [4.78, 5) is 17.0. The van der Waals surface area contributed by atoms with Gasteiger partial charge in [0.05, 0.1) is 11.0 Å². The van der Waals surface area contributed by atoms with E-state index in [9.17, 15) is 10.1 Å². The van der Waals surface area contributed by atoms with Crippen LogP contribution >= 0.6 is 0 Å². The van der Waals surface area contributed by atoms with Gasteiger partial charge in [0.2, 0.25) is 0 Å². The molecule has 1 aromatic rings. The summed E-state index contributed by atoms with van der Waals surface area (Å²) in [6.45, 7) is 5.74. The first-order valence-electron chi connectivity index (χ1n) is 6.24. The fraction of sp³-hybridized carbons (Fsp3) is 0.583. The molecule has 2 heterocycles. The summed E-state index contributed by atoms with van der Waals surface area (Å²) < 4.78 is 0. The molecule has 2 rings (SSSR count). The van der Waals surface area contributed by atoms with Gasteiger partial charge in [0.15, 0.2) is 0 Å². The average Bonchev–Trinajstić information content (AvgIpc) is 2.84. The molecule has 98 valence electrons. The SMILES string of the molecule is Cc1cnc(NCCN2CCCC2)cc1[N+](=O)[O-]. The van der Waals surface area contributed by atoms with Crippen molar-refractivity contribution in [3.63, 3.8) is 0 Å². The topological polar surface area (TPSA) is 71.3 Å². The summed E-state index contributed by atoms with van der Waals surface area (Å²) in [5, 5.41) is 13.9. The Hall–Kier alpha value is -1.69. The largest absolute Gasteiger partial charge is 0.369 e. The van der Waals surface area contributed by atoms with Gasteiger partial charge in [0.25, 0.3) is 5.69 Å². The average molecular weight is 250 g/mol. The molecule has 6 heteroatoms. The molecule has 0 saturated carbocycles. The molecular formula is C12H18N4O2. The van der Waals surface area contributed by atoms with Crippen LogP contribution in [0.1, 0.15) is 18.4 Å². The van der Waals surface area contributed by atoms with E-state index in [1.165, 1.54) is 25.1 Å². The highest BCUT2D eigenvalue weighted by atomic mass is 16.6. The predicted molar refractivity (Wildman–Crippen MR) is 69.8 cm³/mol. The van der Waals surface area contributed by atoms with Crippen LogP contribution in [-0.2, 0) is 0 Å². The Kier molecular flexibility index (Phi) is 4.09. The number of anilines is 1. The van der Waals surface area contributed by atoms with E-state index in [-0.39, 0.29) is 10.6 Å². The molecule has 0 bridgehead atoms. The number of aryl methyl sites for hydroxylation is 1. The van der Waals surface area contributed by atoms with Crippen LogP contribution in [0.3, 0.4) is 0 Å². The van der Waals surface area contributed by atoms with Crippen LogP contribution in [0.2, 0.25) is 0 Å². The lowest BCUT2D eigenvalue weighted by Crippen LogP contribution is -2.26. The van der Waals surface area contributed by atoms with Crippen molar-refractivity contribution < 1.29 is 4.92 Å². The molecule has 0 amide bonds. The Morgan fingerprint density at radius 2 is 2.22 bits per heavy atom. The first kappa shape index (κ1) is 12.8. The van der Waals surface area contributed by atoms with Gasteiger partial charge in [0.1, 0.15) is 5.82 Å². The van der Waals surface area contributed by atoms with Gasteiger partial charge >= 0.3 is 0 Å². The Balaban J connectivity index is 1.88. The maximum atomic E-state index is 10.8. The second-order valence-corrected chi connectivity index (χ2v) is 4.59. The van der Waals surface area contributed by atoms with Crippen molar-refractivity contribution in [2.75, 3.05) is 31.5 Å². The third kappa shape index (κ3) is 3.16. The maximum Gasteiger partial charge on any atom is 0.277 e. The highest BCUT2D eigenvalue weighted by Gasteiger charge is 2.13. The number of nitrogens with zero attached hydrogens (tertiary/aromatic N) is 3. The number of hydrogen-bond acceptors (Lipinski definition) is 5. The van der Waals surface area contributed by atoms with Gasteiger partial charge in [0, 0.05) is 24.8 Å². The van der Waals surface area contributed by atoms with Crippen LogP contribution in [0, 0.1) is 17.0 Å². The second-order valence-electron chi connectivity index (χ2n) is 4.59. The Labute approximate surface area is 106 Å². The Morgan fingerprint density at radius 3 is 2.89 bits per heavy atom. The molecule has 6 nitrogen and oxygen atoms in total. The molecule has 18 heavy (non-hydrogen) atoms. The quantitative estimate of drug-likeness (QED) is 0.637. The number of nitrogens with one attached hydrogen (secondary N) is 1. The predicted octanol–water partition coefficient (Wildman–Crippen LogP) is 1.81. The third-order valence-electron chi connectivity index (χ3n) is 3.20. The van der Waals surface area contributed by atoms with Crippen LogP contribution in [0.5, 0.6) is 0 Å². The minimum absolute atomic E-state index is 0.119. The van der Waals surface area contributed by atoms with E-state index in [4.69, 9.17) is 0 Å². The van der Waals surface area contributed by atoms with E-state index in [0.29, 0.717) is 11.4 Å². The van der Waals surface area contributed by atoms with Gasteiger partial charge in [-0.05, 0) is 32.9 Å². The Bertz CT molecular complexity index is 430. The summed E-state index contributed by atoms with van der Waals surface area (Å²) >= 11 is 0. The molecule has 1 fully saturated rings. The molecule has 1 N–H and O–H groups in total. The zero-order valence-corrected chi connectivity index (χ0v) is 10.6. The first-order valence-corrected chi connectivity index (χ1v) is 6.24. The number of pyridine rings is 1. The summed E-state index contributed by atoms with van der Waals surface area (Å²) in [6.07, 6.45) is 4.08. The van der Waals surface area contributed by atoms with E-state index in [2.05, 4.69) is 15.2 Å². The van der Waals surface area contributed by atoms with Crippen LogP contribution in [-0.4, -0.2) is 41.0 Å². The van der Waals surface area contributed by atoms with Gasteiger partial charge in [-0.2, -0.15) is 0 Å². The summed E-state index contributed by atoms with van der Waals surface area (Å²) in [5.41, 5.74) is 0.707. The van der Waals surface area contributed by atoms with Crippen LogP contribution in [0.25, 0.3) is 0 Å². The molecular weight excluding hydrogens is 232 g/mol. The van der Waals surface area contributed by atoms with Gasteiger partial charge < -0.3 is 10.2 Å². The van der Waals surface area contributed by atoms with E-state index >= 15 is 0 Å². The third-order valence-corrected chi connectivity index (χ3v) is 3.20. The molecule has 1 saturated heterocycles. The highest BCUT2D eigenvalue weighted by Crippen LogP contribution is 2.19. The Morgan fingerprint density at radius 1 is 1.50 bits per heavy atom. The van der Waals surface area contributed by atoms with Gasteiger partial charge in [-0.15, -0.1) is 0 Å². The lowest BCUT2D eigenvalue weighted by molar-refractivity contribution is -0.385. The fourth-order valence-electron chi connectivity index (χ4n) is 2.15. The number of aromatic nitrogens is 1. The van der Waals surface area contributed by atoms with E-state index in [1.807, 2.05) is 0 Å². The summed E-state index contributed by atoms with van der Waals surface area (Å²) in [6, 6.07) is 1.50. The molecule has 0 radical (unpaired) electrons. The van der Waals surface area contributed by atoms with Crippen molar-refractivity contribution in [1.29, 1.82) is 0 Å². The molecule has 1 aliphatic rings.